The Kier molecular flexibility index (Phi) is 4.36. The molecule has 0 saturated carbocycles. The molecule has 104 valence electrons. The summed E-state index contributed by atoms with van der Waals surface area (Å²) in [6, 6.07) is 6.60. The molecule has 1 heterocycles. The minimum absolute atomic E-state index is 0.0725. The fraction of sp³-hybridized carbons (Fsp3) is 0.167. The van der Waals surface area contributed by atoms with Crippen LogP contribution in [0.3, 0.4) is 0 Å². The number of carboxylic acids is 1. The quantitative estimate of drug-likeness (QED) is 0.561. The van der Waals surface area contributed by atoms with Crippen LogP contribution in [0.2, 0.25) is 0 Å². The number of aliphatic carboxylic acids is 1. The van der Waals surface area contributed by atoms with Gasteiger partial charge in [0.15, 0.2) is 5.17 Å². The van der Waals surface area contributed by atoms with E-state index in [1.807, 2.05) is 0 Å². The molecule has 1 aromatic rings. The van der Waals surface area contributed by atoms with Crippen LogP contribution < -0.4 is 5.32 Å². The van der Waals surface area contributed by atoms with E-state index in [0.29, 0.717) is 5.56 Å². The lowest BCUT2D eigenvalue weighted by atomic mass is 10.2. The lowest BCUT2D eigenvalue weighted by molar-refractivity contribution is -0.138. The van der Waals surface area contributed by atoms with Crippen LogP contribution in [0.1, 0.15) is 12.0 Å². The molecule has 2 rings (SSSR count). The van der Waals surface area contributed by atoms with Crippen LogP contribution in [-0.2, 0) is 9.59 Å². The van der Waals surface area contributed by atoms with Crippen molar-refractivity contribution in [2.45, 2.75) is 11.7 Å². The minimum atomic E-state index is -1.04. The van der Waals surface area contributed by atoms with Crippen molar-refractivity contribution in [3.8, 4) is 5.75 Å². The van der Waals surface area contributed by atoms with Crippen LogP contribution in [0.4, 0.5) is 0 Å². The number of carboxylic acid groups (broad SMARTS) is 1. The van der Waals surface area contributed by atoms with E-state index in [4.69, 9.17) is 5.11 Å². The Labute approximate surface area is 118 Å². The van der Waals surface area contributed by atoms with Gasteiger partial charge in [0.25, 0.3) is 0 Å². The normalized spacial score (nSPS) is 20.5. The van der Waals surface area contributed by atoms with E-state index in [1.54, 1.807) is 18.2 Å². The number of hydrogen-bond donors (Lipinski definition) is 3. The molecule has 8 heteroatoms. The maximum atomic E-state index is 11.4. The summed E-state index contributed by atoms with van der Waals surface area (Å²) in [6.45, 7) is 0. The summed E-state index contributed by atoms with van der Waals surface area (Å²) in [6.07, 6.45) is 1.08. The molecule has 0 spiro atoms. The summed E-state index contributed by atoms with van der Waals surface area (Å²) in [5, 5.41) is 27.7. The lowest BCUT2D eigenvalue weighted by Gasteiger charge is -1.97. The number of amidine groups is 1. The van der Waals surface area contributed by atoms with Gasteiger partial charge < -0.3 is 15.5 Å². The lowest BCUT2D eigenvalue weighted by Crippen LogP contribution is -2.26. The summed E-state index contributed by atoms with van der Waals surface area (Å²) >= 11 is 1.02. The number of rotatable bonds is 4. The van der Waals surface area contributed by atoms with Crippen molar-refractivity contribution in [3.05, 3.63) is 29.8 Å². The van der Waals surface area contributed by atoms with E-state index >= 15 is 0 Å². The number of carbonyl (C=O) groups excluding carboxylic acids is 1. The Bertz CT molecular complexity index is 600. The third kappa shape index (κ3) is 3.58. The zero-order valence-electron chi connectivity index (χ0n) is 10.2. The summed E-state index contributed by atoms with van der Waals surface area (Å²) < 4.78 is 0. The van der Waals surface area contributed by atoms with Crippen molar-refractivity contribution >= 4 is 35.0 Å². The van der Waals surface area contributed by atoms with Gasteiger partial charge in [-0.25, -0.2) is 0 Å². The number of hydrogen-bond acceptors (Lipinski definition) is 6. The van der Waals surface area contributed by atoms with E-state index in [9.17, 15) is 14.7 Å². The summed E-state index contributed by atoms with van der Waals surface area (Å²) in [7, 11) is 0. The van der Waals surface area contributed by atoms with Gasteiger partial charge in [0.2, 0.25) is 5.91 Å². The zero-order valence-corrected chi connectivity index (χ0v) is 11.0. The molecule has 20 heavy (non-hydrogen) atoms. The highest BCUT2D eigenvalue weighted by atomic mass is 32.2. The van der Waals surface area contributed by atoms with Gasteiger partial charge in [-0.15, -0.1) is 5.10 Å². The highest BCUT2D eigenvalue weighted by molar-refractivity contribution is 8.15. The molecule has 1 unspecified atom stereocenters. The molecule has 0 aliphatic carbocycles. The molecule has 0 radical (unpaired) electrons. The van der Waals surface area contributed by atoms with Crippen LogP contribution in [0.15, 0.2) is 34.5 Å². The molecule has 1 amide bonds. The van der Waals surface area contributed by atoms with E-state index in [0.717, 1.165) is 11.8 Å². The van der Waals surface area contributed by atoms with Crippen LogP contribution >= 0.6 is 11.8 Å². The smallest absolute Gasteiger partial charge is 0.305 e. The number of carbonyl (C=O) groups is 2. The van der Waals surface area contributed by atoms with Crippen molar-refractivity contribution in [1.29, 1.82) is 0 Å². The van der Waals surface area contributed by atoms with Crippen molar-refractivity contribution < 1.29 is 19.8 Å². The fourth-order valence-corrected chi connectivity index (χ4v) is 2.40. The van der Waals surface area contributed by atoms with Crippen LogP contribution in [0, 0.1) is 0 Å². The Balaban J connectivity index is 2.01. The fourth-order valence-electron chi connectivity index (χ4n) is 1.49. The van der Waals surface area contributed by atoms with Gasteiger partial charge in [0.05, 0.1) is 12.6 Å². The predicted octanol–water partition coefficient (Wildman–Crippen LogP) is 0.788. The standard InChI is InChI=1S/C12H11N3O4S/c16-8-4-2-1-3-7(8)6-13-15-12-14-11(19)9(20-12)5-10(17)18/h1-4,6,9,16H,5H2,(H,17,18)(H,14,15,19)/b13-6-. The first-order chi connectivity index (χ1) is 9.56. The number of aromatic hydroxyl groups is 1. The number of nitrogens with zero attached hydrogens (tertiary/aromatic N) is 2. The molecule has 1 fully saturated rings. The first kappa shape index (κ1) is 14.1. The Morgan fingerprint density at radius 1 is 1.45 bits per heavy atom. The molecule has 3 N–H and O–H groups in total. The van der Waals surface area contributed by atoms with Gasteiger partial charge in [-0.3, -0.25) is 9.59 Å². The molecular formula is C12H11N3O4S. The van der Waals surface area contributed by atoms with Crippen LogP contribution in [0.5, 0.6) is 5.75 Å². The molecule has 0 aromatic heterocycles. The first-order valence-electron chi connectivity index (χ1n) is 5.64. The van der Waals surface area contributed by atoms with E-state index in [1.165, 1.54) is 12.3 Å². The third-order valence-corrected chi connectivity index (χ3v) is 3.49. The van der Waals surface area contributed by atoms with Crippen molar-refractivity contribution in [2.24, 2.45) is 10.2 Å². The molecule has 1 aromatic carbocycles. The molecule has 1 aliphatic heterocycles. The second-order valence-corrected chi connectivity index (χ2v) is 5.09. The molecule has 7 nitrogen and oxygen atoms in total. The SMILES string of the molecule is O=C(O)CC1S/C(=N/N=C\c2ccccc2O)NC1=O. The third-order valence-electron chi connectivity index (χ3n) is 2.42. The number of amides is 1. The van der Waals surface area contributed by atoms with Gasteiger partial charge in [-0.2, -0.15) is 5.10 Å². The highest BCUT2D eigenvalue weighted by Crippen LogP contribution is 2.22. The summed E-state index contributed by atoms with van der Waals surface area (Å²) in [4.78, 5) is 22.0. The number of phenolic OH excluding ortho intramolecular Hbond substituents is 1. The number of para-hydroxylation sites is 1. The Morgan fingerprint density at radius 2 is 2.20 bits per heavy atom. The molecule has 0 bridgehead atoms. The molecule has 1 saturated heterocycles. The second-order valence-electron chi connectivity index (χ2n) is 3.90. The van der Waals surface area contributed by atoms with Crippen LogP contribution in [-0.4, -0.2) is 38.7 Å². The zero-order chi connectivity index (χ0) is 14.5. The maximum absolute atomic E-state index is 11.4. The minimum Gasteiger partial charge on any atom is -0.507 e. The average Bonchev–Trinajstić information content (AvgIpc) is 2.72. The Hall–Kier alpha value is -2.35. The summed E-state index contributed by atoms with van der Waals surface area (Å²) in [5.41, 5.74) is 0.494. The predicted molar refractivity (Wildman–Crippen MR) is 74.9 cm³/mol. The van der Waals surface area contributed by atoms with E-state index in [2.05, 4.69) is 15.5 Å². The van der Waals surface area contributed by atoms with Gasteiger partial charge in [0, 0.05) is 5.56 Å². The van der Waals surface area contributed by atoms with Gasteiger partial charge >= 0.3 is 5.97 Å². The monoisotopic (exact) mass is 293 g/mol. The van der Waals surface area contributed by atoms with Crippen molar-refractivity contribution in [3.63, 3.8) is 0 Å². The molecule has 1 aliphatic rings. The highest BCUT2D eigenvalue weighted by Gasteiger charge is 2.32. The maximum Gasteiger partial charge on any atom is 0.305 e. The second kappa shape index (κ2) is 6.20. The van der Waals surface area contributed by atoms with Crippen molar-refractivity contribution in [2.75, 3.05) is 0 Å². The van der Waals surface area contributed by atoms with Gasteiger partial charge in [-0.05, 0) is 12.1 Å². The topological polar surface area (TPSA) is 111 Å². The molecular weight excluding hydrogens is 282 g/mol. The number of thioether (sulfide) groups is 1. The molecule has 1 atom stereocenters. The van der Waals surface area contributed by atoms with Crippen molar-refractivity contribution in [1.82, 2.24) is 5.32 Å². The van der Waals surface area contributed by atoms with Crippen LogP contribution in [0.25, 0.3) is 0 Å². The largest absolute Gasteiger partial charge is 0.507 e. The first-order valence-corrected chi connectivity index (χ1v) is 6.52. The van der Waals surface area contributed by atoms with E-state index in [-0.39, 0.29) is 17.3 Å². The van der Waals surface area contributed by atoms with Gasteiger partial charge in [-0.1, -0.05) is 23.9 Å². The number of phenols is 1. The number of benzene rings is 1. The van der Waals surface area contributed by atoms with E-state index < -0.39 is 17.1 Å². The average molecular weight is 293 g/mol. The number of nitrogens with one attached hydrogen (secondary N) is 1. The Morgan fingerprint density at radius 3 is 2.90 bits per heavy atom. The van der Waals surface area contributed by atoms with Gasteiger partial charge in [0.1, 0.15) is 11.0 Å². The summed E-state index contributed by atoms with van der Waals surface area (Å²) in [5.74, 6) is -1.37.